The highest BCUT2D eigenvalue weighted by Crippen LogP contribution is 2.47. The number of nitriles is 1. The molecule has 0 aliphatic heterocycles. The molecule has 0 aromatic heterocycles. The summed E-state index contributed by atoms with van der Waals surface area (Å²) in [6, 6.07) is 48.3. The first-order chi connectivity index (χ1) is 21.0. The molecule has 0 N–H and O–H groups in total. The second-order valence-corrected chi connectivity index (χ2v) is 15.4. The van der Waals surface area contributed by atoms with Crippen molar-refractivity contribution >= 4 is 49.8 Å². The van der Waals surface area contributed by atoms with Crippen molar-refractivity contribution in [1.29, 1.82) is 5.26 Å². The molecule has 0 spiro atoms. The Bertz CT molecular complexity index is 1810. The standard InChI is InChI=1S/C37H30NO3PS/c38-29-35(42(31-20-8-2-9-21-31,32-22-10-3-11-23-32)33-24-12-4-13-25-33)37(39)36(28-16-19-30-17-6-1-7-18-30)43(40,41)34-26-14-5-15-27-34/h1-27,36H,28H2/b19-16+. The van der Waals surface area contributed by atoms with Crippen molar-refractivity contribution in [2.24, 2.45) is 0 Å². The van der Waals surface area contributed by atoms with Crippen LogP contribution in [0.5, 0.6) is 0 Å². The minimum absolute atomic E-state index is 0.0433. The zero-order valence-electron chi connectivity index (χ0n) is 23.4. The van der Waals surface area contributed by atoms with Crippen LogP contribution in [0.4, 0.5) is 0 Å². The van der Waals surface area contributed by atoms with Crippen LogP contribution in [-0.2, 0) is 14.6 Å². The van der Waals surface area contributed by atoms with Gasteiger partial charge in [0.15, 0.2) is 15.6 Å². The molecular weight excluding hydrogens is 569 g/mol. The number of carbonyl (C=O) groups is 1. The fourth-order valence-electron chi connectivity index (χ4n) is 5.28. The number of ketones is 1. The highest BCUT2D eigenvalue weighted by Gasteiger charge is 2.40. The van der Waals surface area contributed by atoms with Crippen LogP contribution in [0.3, 0.4) is 0 Å². The van der Waals surface area contributed by atoms with E-state index in [4.69, 9.17) is 0 Å². The molecule has 5 aromatic carbocycles. The van der Waals surface area contributed by atoms with Gasteiger partial charge in [-0.3, -0.25) is 4.79 Å². The van der Waals surface area contributed by atoms with Crippen molar-refractivity contribution in [2.45, 2.75) is 16.6 Å². The topological polar surface area (TPSA) is 75.0 Å². The van der Waals surface area contributed by atoms with Crippen LogP contribution in [0.1, 0.15) is 12.0 Å². The van der Waals surface area contributed by atoms with E-state index in [1.54, 1.807) is 30.4 Å². The maximum absolute atomic E-state index is 14.9. The molecule has 0 amide bonds. The van der Waals surface area contributed by atoms with Crippen molar-refractivity contribution in [3.8, 4) is 6.07 Å². The summed E-state index contributed by atoms with van der Waals surface area (Å²) in [6.07, 6.45) is 3.43. The first-order valence-corrected chi connectivity index (χ1v) is 17.2. The Morgan fingerprint density at radius 2 is 1.05 bits per heavy atom. The lowest BCUT2D eigenvalue weighted by atomic mass is 10.1. The molecule has 0 saturated carbocycles. The van der Waals surface area contributed by atoms with Crippen molar-refractivity contribution in [2.75, 3.05) is 0 Å². The summed E-state index contributed by atoms with van der Waals surface area (Å²) in [5.74, 6) is -0.686. The molecule has 0 fully saturated rings. The fraction of sp³-hybridized carbons (Fsp3) is 0.0541. The van der Waals surface area contributed by atoms with Crippen LogP contribution in [0, 0.1) is 11.3 Å². The SMILES string of the molecule is N#CC(C(=O)C(C/C=C/c1ccccc1)S(=O)(=O)c1ccccc1)=P(c1ccccc1)(c1ccccc1)c1ccccc1. The van der Waals surface area contributed by atoms with Gasteiger partial charge < -0.3 is 0 Å². The summed E-state index contributed by atoms with van der Waals surface area (Å²) < 4.78 is 28.4. The van der Waals surface area contributed by atoms with Crippen molar-refractivity contribution < 1.29 is 13.2 Å². The number of allylic oxidation sites excluding steroid dienone is 1. The second-order valence-electron chi connectivity index (χ2n) is 9.90. The average molecular weight is 600 g/mol. The molecule has 0 saturated heterocycles. The predicted octanol–water partition coefficient (Wildman–Crippen LogP) is 6.19. The highest BCUT2D eigenvalue weighted by atomic mass is 32.2. The third-order valence-electron chi connectivity index (χ3n) is 7.30. The van der Waals surface area contributed by atoms with Crippen molar-refractivity contribution in [1.82, 2.24) is 0 Å². The first kappa shape index (κ1) is 29.7. The lowest BCUT2D eigenvalue weighted by Gasteiger charge is -2.31. The third kappa shape index (κ3) is 6.08. The quantitative estimate of drug-likeness (QED) is 0.180. The van der Waals surface area contributed by atoms with E-state index in [9.17, 15) is 18.5 Å². The molecule has 1 unspecified atom stereocenters. The third-order valence-corrected chi connectivity index (χ3v) is 13.6. The Balaban J connectivity index is 1.82. The Hall–Kier alpha value is -4.75. The smallest absolute Gasteiger partial charge is 0.193 e. The van der Waals surface area contributed by atoms with Crippen molar-refractivity contribution in [3.63, 3.8) is 0 Å². The summed E-state index contributed by atoms with van der Waals surface area (Å²) >= 11 is 0. The molecule has 1 atom stereocenters. The lowest BCUT2D eigenvalue weighted by molar-refractivity contribution is -0.112. The van der Waals surface area contributed by atoms with E-state index in [-0.39, 0.29) is 16.6 Å². The number of rotatable bonds is 10. The number of hydrogen-bond donors (Lipinski definition) is 0. The minimum Gasteiger partial charge on any atom is -0.292 e. The largest absolute Gasteiger partial charge is 0.292 e. The number of benzene rings is 5. The first-order valence-electron chi connectivity index (χ1n) is 13.9. The van der Waals surface area contributed by atoms with Gasteiger partial charge in [-0.25, -0.2) is 8.42 Å². The molecule has 0 heterocycles. The van der Waals surface area contributed by atoms with E-state index in [1.165, 1.54) is 12.1 Å². The van der Waals surface area contributed by atoms with Crippen LogP contribution in [0.25, 0.3) is 6.08 Å². The molecule has 6 heteroatoms. The average Bonchev–Trinajstić information content (AvgIpc) is 3.07. The van der Waals surface area contributed by atoms with Gasteiger partial charge in [-0.05, 0) is 46.9 Å². The Morgan fingerprint density at radius 3 is 1.47 bits per heavy atom. The van der Waals surface area contributed by atoms with Crippen LogP contribution in [-0.4, -0.2) is 24.7 Å². The Labute approximate surface area is 253 Å². The molecule has 212 valence electrons. The van der Waals surface area contributed by atoms with Crippen molar-refractivity contribution in [3.05, 3.63) is 163 Å². The van der Waals surface area contributed by atoms with Gasteiger partial charge in [-0.15, -0.1) is 0 Å². The number of Topliss-reactive ketones (excluding diaryl/α,β-unsaturated/α-hetero) is 1. The molecule has 5 rings (SSSR count). The summed E-state index contributed by atoms with van der Waals surface area (Å²) in [5, 5.41) is 11.8. The van der Waals surface area contributed by atoms with E-state index >= 15 is 0 Å². The molecular formula is C37H30NO3PS. The Kier molecular flexibility index (Phi) is 9.32. The van der Waals surface area contributed by atoms with E-state index < -0.39 is 27.8 Å². The summed E-state index contributed by atoms with van der Waals surface area (Å²) in [6.45, 7) is -3.11. The van der Waals surface area contributed by atoms with Gasteiger partial charge in [0.05, 0.1) is 4.90 Å². The zero-order valence-corrected chi connectivity index (χ0v) is 25.1. The highest BCUT2D eigenvalue weighted by molar-refractivity contribution is 7.97. The number of hydrogen-bond acceptors (Lipinski definition) is 4. The maximum Gasteiger partial charge on any atom is 0.193 e. The van der Waals surface area contributed by atoms with Gasteiger partial charge in [-0.2, -0.15) is 5.26 Å². The normalized spacial score (nSPS) is 12.3. The molecule has 0 aliphatic rings. The van der Waals surface area contributed by atoms with Gasteiger partial charge in [0.1, 0.15) is 16.6 Å². The van der Waals surface area contributed by atoms with Gasteiger partial charge in [-0.1, -0.05) is 152 Å². The van der Waals surface area contributed by atoms with Crippen LogP contribution in [0.2, 0.25) is 0 Å². The number of carbonyl (C=O) groups excluding carboxylic acids is 1. The molecule has 5 aromatic rings. The molecule has 0 radical (unpaired) electrons. The van der Waals surface area contributed by atoms with Gasteiger partial charge in [0.25, 0.3) is 0 Å². The monoisotopic (exact) mass is 599 g/mol. The molecule has 43 heavy (non-hydrogen) atoms. The van der Waals surface area contributed by atoms with Crippen LogP contribution >= 0.6 is 6.89 Å². The maximum atomic E-state index is 14.9. The predicted molar refractivity (Wildman–Crippen MR) is 178 cm³/mol. The van der Waals surface area contributed by atoms with Crippen LogP contribution in [0.15, 0.2) is 163 Å². The van der Waals surface area contributed by atoms with Gasteiger partial charge >= 0.3 is 0 Å². The minimum atomic E-state index is -4.17. The summed E-state index contributed by atoms with van der Waals surface area (Å²) in [5.41, 5.74) is 0.884. The second kappa shape index (κ2) is 13.5. The van der Waals surface area contributed by atoms with E-state index in [0.29, 0.717) is 0 Å². The van der Waals surface area contributed by atoms with Crippen LogP contribution < -0.4 is 15.9 Å². The fourth-order valence-corrected chi connectivity index (χ4v) is 11.2. The molecule has 0 bridgehead atoms. The lowest BCUT2D eigenvalue weighted by Crippen LogP contribution is -2.40. The van der Waals surface area contributed by atoms with E-state index in [1.807, 2.05) is 121 Å². The van der Waals surface area contributed by atoms with E-state index in [2.05, 4.69) is 6.07 Å². The summed E-state index contributed by atoms with van der Waals surface area (Å²) in [4.78, 5) is 14.9. The molecule has 0 aliphatic carbocycles. The zero-order chi connectivity index (χ0) is 30.1. The van der Waals surface area contributed by atoms with Gasteiger partial charge in [0.2, 0.25) is 0 Å². The molecule has 4 nitrogen and oxygen atoms in total. The Morgan fingerprint density at radius 1 is 0.651 bits per heavy atom. The summed E-state index contributed by atoms with van der Waals surface area (Å²) in [7, 11) is -4.17. The van der Waals surface area contributed by atoms with Gasteiger partial charge in [0, 0.05) is 0 Å². The number of nitrogens with zero attached hydrogens (tertiary/aromatic N) is 1. The van der Waals surface area contributed by atoms with E-state index in [0.717, 1.165) is 21.5 Å². The number of sulfone groups is 1.